The Morgan fingerprint density at radius 3 is 2.35 bits per heavy atom. The van der Waals surface area contributed by atoms with E-state index in [9.17, 15) is 17.6 Å². The van der Waals surface area contributed by atoms with Crippen molar-refractivity contribution in [1.82, 2.24) is 9.97 Å². The maximum absolute atomic E-state index is 12.6. The minimum Gasteiger partial charge on any atom is -0.369 e. The van der Waals surface area contributed by atoms with E-state index in [-0.39, 0.29) is 5.82 Å². The Morgan fingerprint density at radius 1 is 1.24 bits per heavy atom. The molecule has 17 heavy (non-hydrogen) atoms. The molecule has 1 aromatic rings. The third-order valence-electron chi connectivity index (χ3n) is 1.82. The van der Waals surface area contributed by atoms with Gasteiger partial charge in [-0.3, -0.25) is 4.98 Å². The zero-order chi connectivity index (χ0) is 12.9. The number of nitrogens with zero attached hydrogens (tertiary/aromatic N) is 2. The highest BCUT2D eigenvalue weighted by molar-refractivity contribution is 5.41. The van der Waals surface area contributed by atoms with Gasteiger partial charge in [0.25, 0.3) is 0 Å². The molecule has 2 N–H and O–H groups in total. The van der Waals surface area contributed by atoms with Gasteiger partial charge in [0.05, 0.1) is 18.9 Å². The Morgan fingerprint density at radius 2 is 1.82 bits per heavy atom. The summed E-state index contributed by atoms with van der Waals surface area (Å²) in [5.74, 6) is -3.68. The molecule has 0 unspecified atom stereocenters. The van der Waals surface area contributed by atoms with Crippen LogP contribution >= 0.6 is 0 Å². The SMILES string of the molecule is CCNc1cncc(NCC(F)(F)C(F)F)n1. The molecule has 0 amide bonds. The standard InChI is InChI=1S/C9H12F4N4/c1-2-15-6-3-14-4-7(17-6)16-5-9(12,13)8(10)11/h3-4,8H,2,5H2,1H3,(H2,15,16,17). The van der Waals surface area contributed by atoms with Crippen molar-refractivity contribution in [2.24, 2.45) is 0 Å². The summed E-state index contributed by atoms with van der Waals surface area (Å²) in [6.45, 7) is 1.23. The summed E-state index contributed by atoms with van der Waals surface area (Å²) in [5, 5.41) is 4.94. The molecule has 1 aromatic heterocycles. The quantitative estimate of drug-likeness (QED) is 0.762. The van der Waals surface area contributed by atoms with E-state index in [1.165, 1.54) is 12.4 Å². The van der Waals surface area contributed by atoms with Crippen LogP contribution in [0.25, 0.3) is 0 Å². The topological polar surface area (TPSA) is 49.8 Å². The molecule has 0 aliphatic carbocycles. The summed E-state index contributed by atoms with van der Waals surface area (Å²) in [6, 6.07) is 0. The summed E-state index contributed by atoms with van der Waals surface area (Å²) in [4.78, 5) is 7.59. The second kappa shape index (κ2) is 5.65. The molecule has 1 rings (SSSR count). The summed E-state index contributed by atoms with van der Waals surface area (Å²) in [5.41, 5.74) is 0. The van der Waals surface area contributed by atoms with E-state index >= 15 is 0 Å². The van der Waals surface area contributed by atoms with Crippen LogP contribution in [-0.2, 0) is 0 Å². The van der Waals surface area contributed by atoms with E-state index in [0.717, 1.165) is 0 Å². The van der Waals surface area contributed by atoms with Crippen molar-refractivity contribution in [2.75, 3.05) is 23.7 Å². The molecule has 4 nitrogen and oxygen atoms in total. The molecule has 0 aliphatic heterocycles. The van der Waals surface area contributed by atoms with E-state index in [1.807, 2.05) is 6.92 Å². The first kappa shape index (κ1) is 13.5. The summed E-state index contributed by atoms with van der Waals surface area (Å²) >= 11 is 0. The van der Waals surface area contributed by atoms with E-state index < -0.39 is 18.9 Å². The predicted octanol–water partition coefficient (Wildman–Crippen LogP) is 2.22. The van der Waals surface area contributed by atoms with E-state index in [2.05, 4.69) is 20.6 Å². The highest BCUT2D eigenvalue weighted by Gasteiger charge is 2.40. The van der Waals surface area contributed by atoms with Crippen molar-refractivity contribution in [3.8, 4) is 0 Å². The maximum atomic E-state index is 12.6. The molecule has 0 radical (unpaired) electrons. The van der Waals surface area contributed by atoms with Gasteiger partial charge in [0, 0.05) is 6.54 Å². The number of anilines is 2. The Bertz CT molecular complexity index is 359. The first-order valence-electron chi connectivity index (χ1n) is 4.91. The molecule has 8 heteroatoms. The molecule has 0 saturated carbocycles. The Labute approximate surface area is 95.5 Å². The number of halogens is 4. The highest BCUT2D eigenvalue weighted by Crippen LogP contribution is 2.22. The lowest BCUT2D eigenvalue weighted by Crippen LogP contribution is -2.35. The van der Waals surface area contributed by atoms with Crippen LogP contribution in [0.3, 0.4) is 0 Å². The van der Waals surface area contributed by atoms with Crippen molar-refractivity contribution >= 4 is 11.6 Å². The second-order valence-corrected chi connectivity index (χ2v) is 3.24. The number of hydrogen-bond acceptors (Lipinski definition) is 4. The van der Waals surface area contributed by atoms with Gasteiger partial charge in [0.15, 0.2) is 0 Å². The maximum Gasteiger partial charge on any atom is 0.324 e. The van der Waals surface area contributed by atoms with Gasteiger partial charge < -0.3 is 10.6 Å². The average molecular weight is 252 g/mol. The lowest BCUT2D eigenvalue weighted by Gasteiger charge is -2.16. The minimum atomic E-state index is -4.09. The molecular formula is C9H12F4N4. The fourth-order valence-electron chi connectivity index (χ4n) is 1.00. The van der Waals surface area contributed by atoms with E-state index in [1.54, 1.807) is 0 Å². The van der Waals surface area contributed by atoms with Crippen LogP contribution in [0, 0.1) is 0 Å². The smallest absolute Gasteiger partial charge is 0.324 e. The second-order valence-electron chi connectivity index (χ2n) is 3.24. The van der Waals surface area contributed by atoms with Gasteiger partial charge in [-0.2, -0.15) is 8.78 Å². The largest absolute Gasteiger partial charge is 0.369 e. The molecule has 0 fully saturated rings. The van der Waals surface area contributed by atoms with Crippen LogP contribution < -0.4 is 10.6 Å². The number of nitrogens with one attached hydrogen (secondary N) is 2. The van der Waals surface area contributed by atoms with Crippen LogP contribution in [-0.4, -0.2) is 35.4 Å². The zero-order valence-corrected chi connectivity index (χ0v) is 9.05. The highest BCUT2D eigenvalue weighted by atomic mass is 19.3. The lowest BCUT2D eigenvalue weighted by atomic mass is 10.3. The van der Waals surface area contributed by atoms with Crippen LogP contribution in [0.5, 0.6) is 0 Å². The Kier molecular flexibility index (Phi) is 4.47. The first-order chi connectivity index (χ1) is 7.95. The molecule has 0 atom stereocenters. The van der Waals surface area contributed by atoms with Crippen molar-refractivity contribution < 1.29 is 17.6 Å². The molecular weight excluding hydrogens is 240 g/mol. The molecule has 0 aromatic carbocycles. The van der Waals surface area contributed by atoms with Gasteiger partial charge in [-0.05, 0) is 6.92 Å². The Balaban J connectivity index is 2.60. The van der Waals surface area contributed by atoms with Gasteiger partial charge in [0.1, 0.15) is 11.6 Å². The van der Waals surface area contributed by atoms with E-state index in [4.69, 9.17) is 0 Å². The number of aromatic nitrogens is 2. The van der Waals surface area contributed by atoms with Gasteiger partial charge in [-0.25, -0.2) is 13.8 Å². The van der Waals surface area contributed by atoms with Crippen LogP contribution in [0.4, 0.5) is 29.2 Å². The van der Waals surface area contributed by atoms with Crippen LogP contribution in [0.2, 0.25) is 0 Å². The molecule has 0 bridgehead atoms. The molecule has 96 valence electrons. The third kappa shape index (κ3) is 4.04. The third-order valence-corrected chi connectivity index (χ3v) is 1.82. The lowest BCUT2D eigenvalue weighted by molar-refractivity contribution is -0.117. The van der Waals surface area contributed by atoms with Gasteiger partial charge in [0.2, 0.25) is 0 Å². The molecule has 1 heterocycles. The van der Waals surface area contributed by atoms with Crippen LogP contribution in [0.1, 0.15) is 6.92 Å². The first-order valence-corrected chi connectivity index (χ1v) is 4.91. The fraction of sp³-hybridized carbons (Fsp3) is 0.556. The fourth-order valence-corrected chi connectivity index (χ4v) is 1.00. The number of rotatable bonds is 6. The van der Waals surface area contributed by atoms with E-state index in [0.29, 0.717) is 12.4 Å². The monoisotopic (exact) mass is 252 g/mol. The number of alkyl halides is 4. The summed E-state index contributed by atoms with van der Waals surface area (Å²) in [6.07, 6.45) is -1.12. The minimum absolute atomic E-state index is 0.0174. The van der Waals surface area contributed by atoms with Crippen LogP contribution in [0.15, 0.2) is 12.4 Å². The Hall–Kier alpha value is -1.60. The van der Waals surface area contributed by atoms with Crippen molar-refractivity contribution in [2.45, 2.75) is 19.3 Å². The summed E-state index contributed by atoms with van der Waals surface area (Å²) < 4.78 is 49.0. The van der Waals surface area contributed by atoms with Gasteiger partial charge >= 0.3 is 12.3 Å². The number of hydrogen-bond donors (Lipinski definition) is 2. The van der Waals surface area contributed by atoms with Crippen molar-refractivity contribution in [3.05, 3.63) is 12.4 Å². The van der Waals surface area contributed by atoms with Crippen molar-refractivity contribution in [3.63, 3.8) is 0 Å². The zero-order valence-electron chi connectivity index (χ0n) is 9.05. The predicted molar refractivity (Wildman–Crippen MR) is 55.6 cm³/mol. The van der Waals surface area contributed by atoms with Gasteiger partial charge in [-0.15, -0.1) is 0 Å². The molecule has 0 aliphatic rings. The summed E-state index contributed by atoms with van der Waals surface area (Å²) in [7, 11) is 0. The average Bonchev–Trinajstić information content (AvgIpc) is 2.27. The van der Waals surface area contributed by atoms with Gasteiger partial charge in [-0.1, -0.05) is 0 Å². The molecule has 0 spiro atoms. The van der Waals surface area contributed by atoms with Crippen molar-refractivity contribution in [1.29, 1.82) is 0 Å². The normalized spacial score (nSPS) is 11.6. The molecule has 0 saturated heterocycles.